The average molecular weight is 369 g/mol. The van der Waals surface area contributed by atoms with Crippen LogP contribution in [-0.2, 0) is 9.47 Å². The van der Waals surface area contributed by atoms with Crippen LogP contribution in [0.1, 0.15) is 65.2 Å². The van der Waals surface area contributed by atoms with E-state index in [1.54, 1.807) is 4.90 Å². The molecule has 0 aliphatic heterocycles. The van der Waals surface area contributed by atoms with Gasteiger partial charge in [-0.1, -0.05) is 13.8 Å². The van der Waals surface area contributed by atoms with Crippen LogP contribution in [0.5, 0.6) is 0 Å². The van der Waals surface area contributed by atoms with E-state index < -0.39 is 0 Å². The van der Waals surface area contributed by atoms with E-state index in [1.807, 2.05) is 7.05 Å². The Morgan fingerprint density at radius 3 is 2.35 bits per heavy atom. The zero-order chi connectivity index (χ0) is 18.9. The Hall–Kier alpha value is -0.810. The van der Waals surface area contributed by atoms with Gasteiger partial charge in [-0.15, -0.1) is 0 Å². The van der Waals surface area contributed by atoms with Gasteiger partial charge >= 0.3 is 6.09 Å². The second-order valence-corrected chi connectivity index (χ2v) is 8.80. The zero-order valence-electron chi connectivity index (χ0n) is 17.4. The normalized spacial score (nSPS) is 23.5. The lowest BCUT2D eigenvalue weighted by Crippen LogP contribution is -2.41. The highest BCUT2D eigenvalue weighted by Gasteiger charge is 2.27. The smallest absolute Gasteiger partial charge is 0.409 e. The van der Waals surface area contributed by atoms with Gasteiger partial charge in [0.15, 0.2) is 0 Å². The molecule has 2 aliphatic carbocycles. The SMILES string of the molecule is CC(C)COC(=O)N(C)C1CCC(OCCCCN(C)CC2CC2)CC1. The second-order valence-electron chi connectivity index (χ2n) is 8.80. The topological polar surface area (TPSA) is 42.0 Å². The van der Waals surface area contributed by atoms with Crippen molar-refractivity contribution in [3.05, 3.63) is 0 Å². The van der Waals surface area contributed by atoms with E-state index in [-0.39, 0.29) is 6.09 Å². The summed E-state index contributed by atoms with van der Waals surface area (Å²) in [5.74, 6) is 1.36. The molecule has 5 heteroatoms. The van der Waals surface area contributed by atoms with Gasteiger partial charge in [-0.2, -0.15) is 0 Å². The molecule has 0 aromatic rings. The Morgan fingerprint density at radius 2 is 1.73 bits per heavy atom. The first-order valence-corrected chi connectivity index (χ1v) is 10.7. The maximum atomic E-state index is 12.1. The third-order valence-corrected chi connectivity index (χ3v) is 5.57. The Balaban J connectivity index is 1.50. The molecule has 1 amide bonds. The molecule has 2 fully saturated rings. The highest BCUT2D eigenvalue weighted by atomic mass is 16.6. The Morgan fingerprint density at radius 1 is 1.04 bits per heavy atom. The maximum Gasteiger partial charge on any atom is 0.409 e. The summed E-state index contributed by atoms with van der Waals surface area (Å²) in [5, 5.41) is 0. The predicted octanol–water partition coefficient (Wildman–Crippen LogP) is 4.16. The number of amides is 1. The van der Waals surface area contributed by atoms with Crippen molar-refractivity contribution >= 4 is 6.09 Å². The molecule has 2 saturated carbocycles. The number of hydrogen-bond acceptors (Lipinski definition) is 4. The molecule has 2 rings (SSSR count). The third-order valence-electron chi connectivity index (χ3n) is 5.57. The van der Waals surface area contributed by atoms with Crippen LogP contribution in [0.15, 0.2) is 0 Å². The molecule has 26 heavy (non-hydrogen) atoms. The lowest BCUT2D eigenvalue weighted by molar-refractivity contribution is 0.00646. The van der Waals surface area contributed by atoms with Gasteiger partial charge in [0.2, 0.25) is 0 Å². The van der Waals surface area contributed by atoms with E-state index in [4.69, 9.17) is 9.47 Å². The fourth-order valence-electron chi connectivity index (χ4n) is 3.65. The van der Waals surface area contributed by atoms with E-state index in [1.165, 1.54) is 32.4 Å². The highest BCUT2D eigenvalue weighted by Crippen LogP contribution is 2.29. The molecule has 0 aromatic heterocycles. The van der Waals surface area contributed by atoms with Gasteiger partial charge < -0.3 is 19.3 Å². The summed E-state index contributed by atoms with van der Waals surface area (Å²) in [6.45, 7) is 7.95. The molecular weight excluding hydrogens is 328 g/mol. The Kier molecular flexibility index (Phi) is 9.20. The lowest BCUT2D eigenvalue weighted by atomic mass is 9.92. The van der Waals surface area contributed by atoms with Crippen molar-refractivity contribution in [2.24, 2.45) is 11.8 Å². The van der Waals surface area contributed by atoms with Crippen LogP contribution in [0.3, 0.4) is 0 Å². The van der Waals surface area contributed by atoms with Crippen molar-refractivity contribution in [3.63, 3.8) is 0 Å². The van der Waals surface area contributed by atoms with Gasteiger partial charge in [-0.05, 0) is 76.8 Å². The summed E-state index contributed by atoms with van der Waals surface area (Å²) in [5.41, 5.74) is 0. The molecule has 0 spiro atoms. The largest absolute Gasteiger partial charge is 0.449 e. The number of carbonyl (C=O) groups is 1. The van der Waals surface area contributed by atoms with Crippen molar-refractivity contribution in [1.82, 2.24) is 9.80 Å². The van der Waals surface area contributed by atoms with Crippen molar-refractivity contribution in [3.8, 4) is 0 Å². The minimum absolute atomic E-state index is 0.182. The fraction of sp³-hybridized carbons (Fsp3) is 0.952. The van der Waals surface area contributed by atoms with Crippen LogP contribution in [-0.4, -0.2) is 68.4 Å². The summed E-state index contributed by atoms with van der Waals surface area (Å²) < 4.78 is 11.4. The summed E-state index contributed by atoms with van der Waals surface area (Å²) in [7, 11) is 4.11. The molecular formula is C21H40N2O3. The highest BCUT2D eigenvalue weighted by molar-refractivity contribution is 5.67. The maximum absolute atomic E-state index is 12.1. The molecule has 0 N–H and O–H groups in total. The van der Waals surface area contributed by atoms with Crippen LogP contribution in [0.4, 0.5) is 4.79 Å². The number of ether oxygens (including phenoxy) is 2. The summed E-state index contributed by atoms with van der Waals surface area (Å²) >= 11 is 0. The first-order chi connectivity index (χ1) is 12.5. The third kappa shape index (κ3) is 8.26. The summed E-state index contributed by atoms with van der Waals surface area (Å²) in [4.78, 5) is 16.3. The Labute approximate surface area is 160 Å². The fourth-order valence-corrected chi connectivity index (χ4v) is 3.65. The quantitative estimate of drug-likeness (QED) is 0.514. The molecule has 5 nitrogen and oxygen atoms in total. The van der Waals surface area contributed by atoms with Gasteiger partial charge in [-0.25, -0.2) is 4.79 Å². The van der Waals surface area contributed by atoms with Crippen LogP contribution >= 0.6 is 0 Å². The standard InChI is InChI=1S/C21H40N2O3/c1-17(2)16-26-21(24)23(4)19-9-11-20(12-10-19)25-14-6-5-13-22(3)15-18-7-8-18/h17-20H,5-16H2,1-4H3. The summed E-state index contributed by atoms with van der Waals surface area (Å²) in [6.07, 6.45) is 9.56. The molecule has 0 bridgehead atoms. The Bertz CT molecular complexity index is 404. The molecule has 0 heterocycles. The minimum Gasteiger partial charge on any atom is -0.449 e. The van der Waals surface area contributed by atoms with Crippen molar-refractivity contribution in [2.75, 3.05) is 40.4 Å². The monoisotopic (exact) mass is 368 g/mol. The first kappa shape index (κ1) is 21.5. The first-order valence-electron chi connectivity index (χ1n) is 10.7. The molecule has 2 aliphatic rings. The molecule has 0 radical (unpaired) electrons. The molecule has 0 aromatic carbocycles. The summed E-state index contributed by atoms with van der Waals surface area (Å²) in [6, 6.07) is 0.297. The molecule has 0 atom stereocenters. The van der Waals surface area contributed by atoms with Gasteiger partial charge in [0.1, 0.15) is 0 Å². The predicted molar refractivity (Wildman–Crippen MR) is 105 cm³/mol. The van der Waals surface area contributed by atoms with E-state index in [0.717, 1.165) is 44.6 Å². The number of rotatable bonds is 11. The number of nitrogens with zero attached hydrogens (tertiary/aromatic N) is 2. The van der Waals surface area contributed by atoms with E-state index in [2.05, 4.69) is 25.8 Å². The van der Waals surface area contributed by atoms with Crippen molar-refractivity contribution < 1.29 is 14.3 Å². The van der Waals surface area contributed by atoms with Crippen molar-refractivity contribution in [2.45, 2.75) is 77.4 Å². The van der Waals surface area contributed by atoms with Gasteiger partial charge in [0, 0.05) is 26.2 Å². The van der Waals surface area contributed by atoms with Crippen molar-refractivity contribution in [1.29, 1.82) is 0 Å². The van der Waals surface area contributed by atoms with E-state index in [0.29, 0.717) is 24.7 Å². The molecule has 0 saturated heterocycles. The van der Waals surface area contributed by atoms with Crippen LogP contribution < -0.4 is 0 Å². The molecule has 152 valence electrons. The number of hydrogen-bond donors (Lipinski definition) is 0. The van der Waals surface area contributed by atoms with Crippen LogP contribution in [0, 0.1) is 11.8 Å². The van der Waals surface area contributed by atoms with E-state index >= 15 is 0 Å². The van der Waals surface area contributed by atoms with Gasteiger partial charge in [-0.3, -0.25) is 0 Å². The molecule has 0 unspecified atom stereocenters. The average Bonchev–Trinajstić information content (AvgIpc) is 3.43. The number of carbonyl (C=O) groups excluding carboxylic acids is 1. The lowest BCUT2D eigenvalue weighted by Gasteiger charge is -2.34. The van der Waals surface area contributed by atoms with E-state index in [9.17, 15) is 4.79 Å². The zero-order valence-corrected chi connectivity index (χ0v) is 17.4. The minimum atomic E-state index is -0.182. The van der Waals surface area contributed by atoms with Gasteiger partial charge in [0.25, 0.3) is 0 Å². The number of unbranched alkanes of at least 4 members (excludes halogenated alkanes) is 1. The van der Waals surface area contributed by atoms with Crippen LogP contribution in [0.25, 0.3) is 0 Å². The van der Waals surface area contributed by atoms with Gasteiger partial charge in [0.05, 0.1) is 12.7 Å². The second kappa shape index (κ2) is 11.1. The van der Waals surface area contributed by atoms with Crippen LogP contribution in [0.2, 0.25) is 0 Å².